The number of amides is 1. The molecule has 0 radical (unpaired) electrons. The van der Waals surface area contributed by atoms with Crippen molar-refractivity contribution >= 4 is 34.7 Å². The van der Waals surface area contributed by atoms with E-state index in [1.165, 1.54) is 11.8 Å². The Balaban J connectivity index is 1.75. The molecule has 1 aliphatic rings. The van der Waals surface area contributed by atoms with Gasteiger partial charge < -0.3 is 18.9 Å². The number of carbonyl (C=O) groups excluding carboxylic acids is 2. The fourth-order valence-corrected chi connectivity index (χ4v) is 4.45. The Morgan fingerprint density at radius 1 is 1.25 bits per heavy atom. The van der Waals surface area contributed by atoms with E-state index < -0.39 is 0 Å². The van der Waals surface area contributed by atoms with Crippen LogP contribution in [0, 0.1) is 0 Å². The number of benzene rings is 1. The maximum absolute atomic E-state index is 12.6. The minimum absolute atomic E-state index is 0.0548. The van der Waals surface area contributed by atoms with E-state index in [0.29, 0.717) is 31.0 Å². The van der Waals surface area contributed by atoms with Crippen LogP contribution in [0.5, 0.6) is 0 Å². The SMILES string of the molecule is CCOC(=O)c1ccc2c(c1)nc(SCC(=O)N1CC(C)OC(C)C1)n2CC. The van der Waals surface area contributed by atoms with Crippen molar-refractivity contribution in [3.05, 3.63) is 23.8 Å². The third-order valence-electron chi connectivity index (χ3n) is 4.64. The Hall–Kier alpha value is -2.06. The molecule has 1 aromatic heterocycles. The molecule has 3 rings (SSSR count). The van der Waals surface area contributed by atoms with Crippen molar-refractivity contribution in [1.29, 1.82) is 0 Å². The van der Waals surface area contributed by atoms with Crippen molar-refractivity contribution < 1.29 is 19.1 Å². The Labute approximate surface area is 169 Å². The third kappa shape index (κ3) is 4.50. The van der Waals surface area contributed by atoms with Crippen molar-refractivity contribution in [2.75, 3.05) is 25.4 Å². The summed E-state index contributed by atoms with van der Waals surface area (Å²) in [6.45, 7) is 10.1. The molecule has 2 aromatic rings. The number of carbonyl (C=O) groups is 2. The van der Waals surface area contributed by atoms with Crippen LogP contribution in [0.15, 0.2) is 23.4 Å². The van der Waals surface area contributed by atoms with Crippen molar-refractivity contribution in [3.63, 3.8) is 0 Å². The largest absolute Gasteiger partial charge is 0.462 e. The lowest BCUT2D eigenvalue weighted by Gasteiger charge is -2.35. The summed E-state index contributed by atoms with van der Waals surface area (Å²) in [6, 6.07) is 5.39. The number of esters is 1. The molecule has 0 N–H and O–H groups in total. The molecule has 0 aliphatic carbocycles. The number of fused-ring (bicyclic) bond motifs is 1. The number of thioether (sulfide) groups is 1. The minimum atomic E-state index is -0.351. The Bertz CT molecular complexity index is 856. The van der Waals surface area contributed by atoms with Crippen LogP contribution in [0.4, 0.5) is 0 Å². The number of nitrogens with zero attached hydrogens (tertiary/aromatic N) is 3. The Morgan fingerprint density at radius 3 is 2.61 bits per heavy atom. The maximum Gasteiger partial charge on any atom is 0.338 e. The standard InChI is InChI=1S/C20H27N3O4S/c1-5-23-17-8-7-15(19(25)26-6-2)9-16(17)21-20(23)28-12-18(24)22-10-13(3)27-14(4)11-22/h7-9,13-14H,5-6,10-12H2,1-4H3. The molecule has 1 aromatic carbocycles. The zero-order valence-electron chi connectivity index (χ0n) is 16.8. The molecule has 2 heterocycles. The van der Waals surface area contributed by atoms with E-state index in [4.69, 9.17) is 9.47 Å². The molecule has 0 saturated carbocycles. The highest BCUT2D eigenvalue weighted by atomic mass is 32.2. The van der Waals surface area contributed by atoms with E-state index >= 15 is 0 Å². The van der Waals surface area contributed by atoms with Crippen LogP contribution in [0.1, 0.15) is 38.1 Å². The van der Waals surface area contributed by atoms with Gasteiger partial charge in [0.1, 0.15) is 0 Å². The summed E-state index contributed by atoms with van der Waals surface area (Å²) >= 11 is 1.43. The van der Waals surface area contributed by atoms with Gasteiger partial charge in [0.2, 0.25) is 5.91 Å². The third-order valence-corrected chi connectivity index (χ3v) is 5.60. The van der Waals surface area contributed by atoms with Gasteiger partial charge in [-0.05, 0) is 45.9 Å². The zero-order valence-corrected chi connectivity index (χ0v) is 17.6. The fourth-order valence-electron chi connectivity index (χ4n) is 3.46. The van der Waals surface area contributed by atoms with Crippen LogP contribution in [0.3, 0.4) is 0 Å². The number of ether oxygens (including phenoxy) is 2. The molecule has 0 spiro atoms. The fraction of sp³-hybridized carbons (Fsp3) is 0.550. The van der Waals surface area contributed by atoms with Crippen LogP contribution in [-0.4, -0.2) is 64.0 Å². The lowest BCUT2D eigenvalue weighted by Crippen LogP contribution is -2.48. The molecular weight excluding hydrogens is 378 g/mol. The van der Waals surface area contributed by atoms with E-state index in [1.54, 1.807) is 19.1 Å². The molecule has 1 amide bonds. The van der Waals surface area contributed by atoms with Gasteiger partial charge in [0.25, 0.3) is 0 Å². The summed E-state index contributed by atoms with van der Waals surface area (Å²) in [7, 11) is 0. The van der Waals surface area contributed by atoms with Crippen LogP contribution in [-0.2, 0) is 20.8 Å². The summed E-state index contributed by atoms with van der Waals surface area (Å²) in [4.78, 5) is 31.1. The highest BCUT2D eigenvalue weighted by molar-refractivity contribution is 7.99. The molecule has 28 heavy (non-hydrogen) atoms. The van der Waals surface area contributed by atoms with Gasteiger partial charge in [-0.3, -0.25) is 4.79 Å². The van der Waals surface area contributed by atoms with Gasteiger partial charge in [0.05, 0.1) is 41.2 Å². The summed E-state index contributed by atoms with van der Waals surface area (Å²) in [5, 5.41) is 0.779. The number of morpholine rings is 1. The molecule has 2 atom stereocenters. The van der Waals surface area contributed by atoms with Gasteiger partial charge in [-0.25, -0.2) is 9.78 Å². The van der Waals surface area contributed by atoms with Gasteiger partial charge >= 0.3 is 5.97 Å². The second kappa shape index (κ2) is 8.96. The number of hydrogen-bond acceptors (Lipinski definition) is 6. The molecule has 2 unspecified atom stereocenters. The quantitative estimate of drug-likeness (QED) is 0.543. The molecule has 152 valence electrons. The number of rotatable bonds is 6. The molecular formula is C20H27N3O4S. The second-order valence-corrected chi connectivity index (χ2v) is 7.85. The molecule has 7 nitrogen and oxygen atoms in total. The van der Waals surface area contributed by atoms with Crippen LogP contribution < -0.4 is 0 Å². The van der Waals surface area contributed by atoms with Gasteiger partial charge in [-0.2, -0.15) is 0 Å². The van der Waals surface area contributed by atoms with Gasteiger partial charge in [0, 0.05) is 19.6 Å². The van der Waals surface area contributed by atoms with Crippen molar-refractivity contribution in [2.24, 2.45) is 0 Å². The number of hydrogen-bond donors (Lipinski definition) is 0. The topological polar surface area (TPSA) is 73.7 Å². The van der Waals surface area contributed by atoms with E-state index in [1.807, 2.05) is 31.7 Å². The van der Waals surface area contributed by atoms with E-state index in [9.17, 15) is 9.59 Å². The summed E-state index contributed by atoms with van der Waals surface area (Å²) in [6.07, 6.45) is 0.110. The molecule has 1 saturated heterocycles. The molecule has 8 heteroatoms. The lowest BCUT2D eigenvalue weighted by atomic mass is 10.2. The molecule has 0 bridgehead atoms. The monoisotopic (exact) mass is 405 g/mol. The number of aryl methyl sites for hydroxylation is 1. The maximum atomic E-state index is 12.6. The summed E-state index contributed by atoms with van der Waals surface area (Å²) in [5.41, 5.74) is 2.16. The first-order valence-electron chi connectivity index (χ1n) is 9.66. The van der Waals surface area contributed by atoms with Gasteiger partial charge in [0.15, 0.2) is 5.16 Å². The minimum Gasteiger partial charge on any atom is -0.462 e. The average Bonchev–Trinajstić information content (AvgIpc) is 3.02. The average molecular weight is 406 g/mol. The lowest BCUT2D eigenvalue weighted by molar-refractivity contribution is -0.140. The van der Waals surface area contributed by atoms with Crippen molar-refractivity contribution in [2.45, 2.75) is 51.6 Å². The second-order valence-electron chi connectivity index (χ2n) is 6.91. The summed E-state index contributed by atoms with van der Waals surface area (Å²) < 4.78 is 12.8. The number of aromatic nitrogens is 2. The highest BCUT2D eigenvalue weighted by Crippen LogP contribution is 2.26. The van der Waals surface area contributed by atoms with Crippen LogP contribution in [0.2, 0.25) is 0 Å². The number of imidazole rings is 1. The van der Waals surface area contributed by atoms with Crippen molar-refractivity contribution in [3.8, 4) is 0 Å². The predicted octanol–water partition coefficient (Wildman–Crippen LogP) is 2.96. The van der Waals surface area contributed by atoms with Crippen LogP contribution >= 0.6 is 11.8 Å². The Morgan fingerprint density at radius 2 is 1.96 bits per heavy atom. The summed E-state index contributed by atoms with van der Waals surface area (Å²) in [5.74, 6) is 0.0670. The Kier molecular flexibility index (Phi) is 6.61. The van der Waals surface area contributed by atoms with Crippen LogP contribution in [0.25, 0.3) is 11.0 Å². The zero-order chi connectivity index (χ0) is 20.3. The highest BCUT2D eigenvalue weighted by Gasteiger charge is 2.26. The van der Waals surface area contributed by atoms with E-state index in [0.717, 1.165) is 22.7 Å². The first-order valence-corrected chi connectivity index (χ1v) is 10.6. The first-order chi connectivity index (χ1) is 13.4. The van der Waals surface area contributed by atoms with Gasteiger partial charge in [-0.1, -0.05) is 11.8 Å². The molecule has 1 aliphatic heterocycles. The predicted molar refractivity (Wildman–Crippen MR) is 109 cm³/mol. The normalized spacial score (nSPS) is 19.8. The smallest absolute Gasteiger partial charge is 0.338 e. The van der Waals surface area contributed by atoms with Crippen molar-refractivity contribution in [1.82, 2.24) is 14.5 Å². The first kappa shape index (κ1) is 20.7. The van der Waals surface area contributed by atoms with E-state index in [2.05, 4.69) is 9.55 Å². The molecule has 1 fully saturated rings. The van der Waals surface area contributed by atoms with E-state index in [-0.39, 0.29) is 24.1 Å². The van der Waals surface area contributed by atoms with Gasteiger partial charge in [-0.15, -0.1) is 0 Å².